The molecule has 7 nitrogen and oxygen atoms in total. The second-order valence-electron chi connectivity index (χ2n) is 6.28. The fraction of sp³-hybridized carbons (Fsp3) is 0.529. The Morgan fingerprint density at radius 1 is 1.46 bits per heavy atom. The number of hydrogen-bond acceptors (Lipinski definition) is 5. The molecule has 2 aromatic heterocycles. The van der Waals surface area contributed by atoms with E-state index >= 15 is 0 Å². The van der Waals surface area contributed by atoms with Gasteiger partial charge in [-0.15, -0.1) is 0 Å². The van der Waals surface area contributed by atoms with Crippen LogP contribution in [-0.4, -0.2) is 39.2 Å². The van der Waals surface area contributed by atoms with Gasteiger partial charge in [0.15, 0.2) is 0 Å². The van der Waals surface area contributed by atoms with Crippen LogP contribution < -0.4 is 10.2 Å². The molecule has 0 bridgehead atoms. The Kier molecular flexibility index (Phi) is 4.78. The summed E-state index contributed by atoms with van der Waals surface area (Å²) in [4.78, 5) is 22.7. The van der Waals surface area contributed by atoms with E-state index in [1.807, 2.05) is 6.92 Å². The number of nitrogens with one attached hydrogen (secondary N) is 2. The molecule has 3 rings (SSSR count). The van der Waals surface area contributed by atoms with E-state index in [4.69, 9.17) is 0 Å². The van der Waals surface area contributed by atoms with Crippen LogP contribution in [0.25, 0.3) is 0 Å². The standard InChI is InChI=1S/C17H24N6O/c1-4-14-8-16(20-11(2)19-14)23-7-5-6-13(10-23)17-15(9-18-22-17)21-12(3)24/h8-9,13H,4-7,10H2,1-3H3,(H,18,22)(H,21,24). The van der Waals surface area contributed by atoms with Crippen molar-refractivity contribution in [1.82, 2.24) is 20.2 Å². The first-order chi connectivity index (χ1) is 11.6. The van der Waals surface area contributed by atoms with E-state index in [9.17, 15) is 4.79 Å². The van der Waals surface area contributed by atoms with Crippen molar-refractivity contribution in [2.45, 2.75) is 46.0 Å². The number of nitrogens with zero attached hydrogens (tertiary/aromatic N) is 4. The second kappa shape index (κ2) is 6.98. The number of rotatable bonds is 4. The van der Waals surface area contributed by atoms with Crippen molar-refractivity contribution in [3.05, 3.63) is 29.5 Å². The zero-order valence-electron chi connectivity index (χ0n) is 14.5. The van der Waals surface area contributed by atoms with Gasteiger partial charge in [0.2, 0.25) is 5.91 Å². The SMILES string of the molecule is CCc1cc(N2CCCC(c3[nH]ncc3NC(C)=O)C2)nc(C)n1. The van der Waals surface area contributed by atoms with Gasteiger partial charge in [-0.1, -0.05) is 6.92 Å². The summed E-state index contributed by atoms with van der Waals surface area (Å²) < 4.78 is 0. The van der Waals surface area contributed by atoms with Gasteiger partial charge in [0.25, 0.3) is 0 Å². The Balaban J connectivity index is 1.81. The number of anilines is 2. The maximum Gasteiger partial charge on any atom is 0.221 e. The Labute approximate surface area is 141 Å². The Morgan fingerprint density at radius 3 is 3.04 bits per heavy atom. The lowest BCUT2D eigenvalue weighted by Gasteiger charge is -2.33. The van der Waals surface area contributed by atoms with E-state index in [1.54, 1.807) is 6.20 Å². The molecular weight excluding hydrogens is 304 g/mol. The van der Waals surface area contributed by atoms with Gasteiger partial charge in [-0.3, -0.25) is 9.89 Å². The molecule has 0 aromatic carbocycles. The van der Waals surface area contributed by atoms with Crippen LogP contribution in [0.5, 0.6) is 0 Å². The molecule has 1 fully saturated rings. The van der Waals surface area contributed by atoms with E-state index in [-0.39, 0.29) is 5.91 Å². The molecule has 0 saturated carbocycles. The van der Waals surface area contributed by atoms with Crippen molar-refractivity contribution >= 4 is 17.4 Å². The molecule has 2 aromatic rings. The highest BCUT2D eigenvalue weighted by Crippen LogP contribution is 2.32. The molecule has 1 unspecified atom stereocenters. The predicted octanol–water partition coefficient (Wildman–Crippen LogP) is 2.41. The smallest absolute Gasteiger partial charge is 0.221 e. The molecule has 1 atom stereocenters. The summed E-state index contributed by atoms with van der Waals surface area (Å²) >= 11 is 0. The molecule has 128 valence electrons. The second-order valence-corrected chi connectivity index (χ2v) is 6.28. The molecule has 3 heterocycles. The van der Waals surface area contributed by atoms with Gasteiger partial charge >= 0.3 is 0 Å². The number of hydrogen-bond donors (Lipinski definition) is 2. The lowest BCUT2D eigenvalue weighted by molar-refractivity contribution is -0.114. The van der Waals surface area contributed by atoms with Crippen molar-refractivity contribution in [3.63, 3.8) is 0 Å². The van der Waals surface area contributed by atoms with Crippen LogP contribution in [-0.2, 0) is 11.2 Å². The minimum atomic E-state index is -0.0793. The van der Waals surface area contributed by atoms with Gasteiger partial charge in [-0.05, 0) is 26.2 Å². The fourth-order valence-corrected chi connectivity index (χ4v) is 3.27. The molecule has 1 aliphatic rings. The summed E-state index contributed by atoms with van der Waals surface area (Å²) in [6.07, 6.45) is 4.73. The minimum absolute atomic E-state index is 0.0793. The molecule has 0 aliphatic carbocycles. The zero-order chi connectivity index (χ0) is 17.1. The van der Waals surface area contributed by atoms with Crippen molar-refractivity contribution in [2.75, 3.05) is 23.3 Å². The van der Waals surface area contributed by atoms with Crippen LogP contribution in [0.15, 0.2) is 12.3 Å². The van der Waals surface area contributed by atoms with Crippen LogP contribution in [0.3, 0.4) is 0 Å². The summed E-state index contributed by atoms with van der Waals surface area (Å²) in [5.74, 6) is 2.02. The molecule has 0 radical (unpaired) electrons. The zero-order valence-corrected chi connectivity index (χ0v) is 14.5. The Morgan fingerprint density at radius 2 is 2.29 bits per heavy atom. The molecule has 7 heteroatoms. The van der Waals surface area contributed by atoms with Crippen molar-refractivity contribution < 1.29 is 4.79 Å². The molecular formula is C17H24N6O. The third-order valence-corrected chi connectivity index (χ3v) is 4.37. The van der Waals surface area contributed by atoms with Gasteiger partial charge in [-0.25, -0.2) is 9.97 Å². The van der Waals surface area contributed by atoms with E-state index in [2.05, 4.69) is 43.4 Å². The topological polar surface area (TPSA) is 86.8 Å². The number of carbonyl (C=O) groups is 1. The highest BCUT2D eigenvalue weighted by molar-refractivity contribution is 5.89. The summed E-state index contributed by atoms with van der Waals surface area (Å²) in [6.45, 7) is 7.40. The Bertz CT molecular complexity index is 726. The number of aryl methyl sites for hydroxylation is 2. The molecule has 24 heavy (non-hydrogen) atoms. The lowest BCUT2D eigenvalue weighted by atomic mass is 9.94. The van der Waals surface area contributed by atoms with Crippen LogP contribution >= 0.6 is 0 Å². The van der Waals surface area contributed by atoms with Crippen LogP contribution in [0.1, 0.15) is 49.8 Å². The maximum absolute atomic E-state index is 11.4. The largest absolute Gasteiger partial charge is 0.356 e. The first-order valence-electron chi connectivity index (χ1n) is 8.47. The first-order valence-corrected chi connectivity index (χ1v) is 8.47. The minimum Gasteiger partial charge on any atom is -0.356 e. The van der Waals surface area contributed by atoms with Gasteiger partial charge in [0.1, 0.15) is 11.6 Å². The van der Waals surface area contributed by atoms with Crippen molar-refractivity contribution in [1.29, 1.82) is 0 Å². The molecule has 1 saturated heterocycles. The van der Waals surface area contributed by atoms with Gasteiger partial charge in [0.05, 0.1) is 17.6 Å². The van der Waals surface area contributed by atoms with Gasteiger partial charge in [0, 0.05) is 37.7 Å². The van der Waals surface area contributed by atoms with E-state index in [0.29, 0.717) is 5.92 Å². The molecule has 0 spiro atoms. The predicted molar refractivity (Wildman–Crippen MR) is 93.2 cm³/mol. The summed E-state index contributed by atoms with van der Waals surface area (Å²) in [5, 5.41) is 10.0. The average molecular weight is 328 g/mol. The quantitative estimate of drug-likeness (QED) is 0.900. The van der Waals surface area contributed by atoms with Crippen LogP contribution in [0.4, 0.5) is 11.5 Å². The summed E-state index contributed by atoms with van der Waals surface area (Å²) in [5.41, 5.74) is 2.85. The summed E-state index contributed by atoms with van der Waals surface area (Å²) in [6, 6.07) is 2.08. The normalized spacial score (nSPS) is 17.8. The van der Waals surface area contributed by atoms with Crippen molar-refractivity contribution in [2.24, 2.45) is 0 Å². The number of H-pyrrole nitrogens is 1. The molecule has 1 amide bonds. The van der Waals surface area contributed by atoms with Crippen LogP contribution in [0.2, 0.25) is 0 Å². The van der Waals surface area contributed by atoms with E-state index in [1.165, 1.54) is 6.92 Å². The maximum atomic E-state index is 11.4. The number of piperidine rings is 1. The first kappa shape index (κ1) is 16.4. The Hall–Kier alpha value is -2.44. The van der Waals surface area contributed by atoms with E-state index in [0.717, 1.165) is 61.1 Å². The number of aromatic nitrogens is 4. The van der Waals surface area contributed by atoms with Crippen LogP contribution in [0, 0.1) is 6.92 Å². The third-order valence-electron chi connectivity index (χ3n) is 4.37. The van der Waals surface area contributed by atoms with Gasteiger partial charge < -0.3 is 10.2 Å². The lowest BCUT2D eigenvalue weighted by Crippen LogP contribution is -2.35. The molecule has 2 N–H and O–H groups in total. The number of carbonyl (C=O) groups excluding carboxylic acids is 1. The molecule has 1 aliphatic heterocycles. The highest BCUT2D eigenvalue weighted by atomic mass is 16.1. The monoisotopic (exact) mass is 328 g/mol. The fourth-order valence-electron chi connectivity index (χ4n) is 3.27. The van der Waals surface area contributed by atoms with Gasteiger partial charge in [-0.2, -0.15) is 5.10 Å². The van der Waals surface area contributed by atoms with E-state index < -0.39 is 0 Å². The summed E-state index contributed by atoms with van der Waals surface area (Å²) in [7, 11) is 0. The number of amides is 1. The number of aromatic amines is 1. The third kappa shape index (κ3) is 3.55. The average Bonchev–Trinajstić information content (AvgIpc) is 3.01. The van der Waals surface area contributed by atoms with Crippen molar-refractivity contribution in [3.8, 4) is 0 Å². The highest BCUT2D eigenvalue weighted by Gasteiger charge is 2.26.